The largest absolute Gasteiger partial charge is 0.379 e. The lowest BCUT2D eigenvalue weighted by molar-refractivity contribution is 0.0731. The third kappa shape index (κ3) is 2.35. The van der Waals surface area contributed by atoms with Crippen molar-refractivity contribution in [2.75, 3.05) is 45.3 Å². The van der Waals surface area contributed by atoms with Crippen LogP contribution in [0.15, 0.2) is 40.4 Å². The van der Waals surface area contributed by atoms with Crippen LogP contribution in [0.25, 0.3) is 0 Å². The molecule has 3 aliphatic rings. The average Bonchev–Trinajstić information content (AvgIpc) is 3.02. The molecule has 0 aliphatic carbocycles. The highest BCUT2D eigenvalue weighted by molar-refractivity contribution is 8.14. The molecule has 4 rings (SSSR count). The van der Waals surface area contributed by atoms with E-state index in [-0.39, 0.29) is 5.41 Å². The fourth-order valence-corrected chi connectivity index (χ4v) is 8.06. The van der Waals surface area contributed by atoms with E-state index in [1.165, 1.54) is 22.3 Å². The zero-order chi connectivity index (χ0) is 17.8. The summed E-state index contributed by atoms with van der Waals surface area (Å²) in [5.74, 6) is 0. The molecular weight excluding hydrogens is 351 g/mol. The topological polar surface area (TPSA) is 31.3 Å². The number of para-hydroxylation sites is 1. The number of hydrazone groups is 1. The summed E-state index contributed by atoms with van der Waals surface area (Å²) in [4.78, 5) is 2.32. The van der Waals surface area contributed by atoms with E-state index < -0.39 is 6.34 Å². The highest BCUT2D eigenvalue weighted by Crippen LogP contribution is 2.65. The van der Waals surface area contributed by atoms with Gasteiger partial charge in [0.15, 0.2) is 0 Å². The van der Waals surface area contributed by atoms with Crippen molar-refractivity contribution in [2.45, 2.75) is 19.3 Å². The zero-order valence-electron chi connectivity index (χ0n) is 15.3. The van der Waals surface area contributed by atoms with Crippen LogP contribution in [-0.4, -0.2) is 56.1 Å². The van der Waals surface area contributed by atoms with Crippen molar-refractivity contribution >= 4 is 30.0 Å². The molecule has 3 aliphatic heterocycles. The molecule has 1 fully saturated rings. The maximum absolute atomic E-state index is 6.33. The quantitative estimate of drug-likeness (QED) is 0.703. The summed E-state index contributed by atoms with van der Waals surface area (Å²) in [5, 5.41) is 5.86. The highest BCUT2D eigenvalue weighted by atomic mass is 32.4. The minimum Gasteiger partial charge on any atom is -0.379 e. The van der Waals surface area contributed by atoms with Crippen LogP contribution in [0.5, 0.6) is 0 Å². The van der Waals surface area contributed by atoms with Crippen molar-refractivity contribution in [3.63, 3.8) is 0 Å². The maximum Gasteiger partial charge on any atom is 0.148 e. The molecule has 1 aromatic carbocycles. The standard InChI is InChI=1S/C18H25N4OPS/c1-18(2)14-7-5-6-8-15(14)20(3)17(18)16-13-19-21(4)24(16,25)22-9-11-23-12-10-22/h5-8,13H,9-12H2,1-4H3. The Labute approximate surface area is 155 Å². The summed E-state index contributed by atoms with van der Waals surface area (Å²) in [7, 11) is 4.18. The first-order valence-corrected chi connectivity index (χ1v) is 11.4. The van der Waals surface area contributed by atoms with Crippen molar-refractivity contribution in [3.8, 4) is 0 Å². The average molecular weight is 376 g/mol. The van der Waals surface area contributed by atoms with Crippen LogP contribution in [-0.2, 0) is 22.0 Å². The molecule has 1 atom stereocenters. The normalized spacial score (nSPS) is 31.7. The number of rotatable bonds is 1. The third-order valence-corrected chi connectivity index (χ3v) is 10.5. The summed E-state index contributed by atoms with van der Waals surface area (Å²) < 4.78 is 10.0. The number of benzene rings is 1. The van der Waals surface area contributed by atoms with Crippen molar-refractivity contribution in [3.05, 3.63) is 40.8 Å². The summed E-state index contributed by atoms with van der Waals surface area (Å²) in [6.45, 7) is 7.83. The number of hydrogen-bond acceptors (Lipinski definition) is 4. The molecule has 0 N–H and O–H groups in total. The lowest BCUT2D eigenvalue weighted by Gasteiger charge is -2.40. The first-order chi connectivity index (χ1) is 11.9. The Balaban J connectivity index is 1.89. The SMILES string of the molecule is CN1C(=C2C=NN(C)P2(=S)N2CCOCC2)C(C)(C)c2ccccc21. The van der Waals surface area contributed by atoms with Crippen molar-refractivity contribution in [1.82, 2.24) is 9.45 Å². The van der Waals surface area contributed by atoms with Crippen LogP contribution in [0, 0.1) is 0 Å². The van der Waals surface area contributed by atoms with Crippen LogP contribution in [0.2, 0.25) is 0 Å². The fourth-order valence-electron chi connectivity index (χ4n) is 4.25. The van der Waals surface area contributed by atoms with Gasteiger partial charge in [-0.2, -0.15) is 5.10 Å². The number of fused-ring (bicyclic) bond motifs is 1. The minimum absolute atomic E-state index is 0.0891. The van der Waals surface area contributed by atoms with Gasteiger partial charge in [0.05, 0.1) is 24.7 Å². The third-order valence-electron chi connectivity index (χ3n) is 5.53. The second-order valence-electron chi connectivity index (χ2n) is 7.28. The second-order valence-corrected chi connectivity index (χ2v) is 11.5. The Hall–Kier alpha value is -1.20. The summed E-state index contributed by atoms with van der Waals surface area (Å²) in [6.07, 6.45) is -0.0962. The molecule has 0 bridgehead atoms. The first kappa shape index (κ1) is 17.2. The molecular formula is C18H25N4OPS. The molecule has 1 unspecified atom stereocenters. The van der Waals surface area contributed by atoms with Gasteiger partial charge in [-0.15, -0.1) is 0 Å². The molecule has 1 aromatic rings. The summed E-state index contributed by atoms with van der Waals surface area (Å²) >= 11 is 6.33. The number of morpholine rings is 1. The Morgan fingerprint density at radius 3 is 2.52 bits per heavy atom. The van der Waals surface area contributed by atoms with E-state index >= 15 is 0 Å². The molecule has 1 saturated heterocycles. The summed E-state index contributed by atoms with van der Waals surface area (Å²) in [5.41, 5.74) is 3.82. The van der Waals surface area contributed by atoms with Crippen molar-refractivity contribution in [1.29, 1.82) is 0 Å². The van der Waals surface area contributed by atoms with E-state index in [2.05, 4.69) is 59.8 Å². The predicted molar refractivity (Wildman–Crippen MR) is 108 cm³/mol. The van der Waals surface area contributed by atoms with E-state index in [1.807, 2.05) is 18.0 Å². The van der Waals surface area contributed by atoms with Gasteiger partial charge in [-0.05, 0) is 11.6 Å². The van der Waals surface area contributed by atoms with Gasteiger partial charge in [-0.25, -0.2) is 0 Å². The van der Waals surface area contributed by atoms with Crippen molar-refractivity contribution in [2.24, 2.45) is 5.10 Å². The van der Waals surface area contributed by atoms with E-state index in [9.17, 15) is 0 Å². The van der Waals surface area contributed by atoms with Crippen LogP contribution in [0.3, 0.4) is 0 Å². The molecule has 5 nitrogen and oxygen atoms in total. The predicted octanol–water partition coefficient (Wildman–Crippen LogP) is 3.20. The van der Waals surface area contributed by atoms with Crippen molar-refractivity contribution < 1.29 is 4.74 Å². The smallest absolute Gasteiger partial charge is 0.148 e. The van der Waals surface area contributed by atoms with E-state index in [0.717, 1.165) is 26.3 Å². The Kier molecular flexibility index (Phi) is 4.08. The Bertz CT molecular complexity index is 813. The molecule has 25 heavy (non-hydrogen) atoms. The highest BCUT2D eigenvalue weighted by Gasteiger charge is 2.47. The Morgan fingerprint density at radius 1 is 1.16 bits per heavy atom. The van der Waals surface area contributed by atoms with Gasteiger partial charge in [0.2, 0.25) is 0 Å². The van der Waals surface area contributed by atoms with Crippen LogP contribution in [0.1, 0.15) is 19.4 Å². The number of anilines is 1. The zero-order valence-corrected chi connectivity index (χ0v) is 17.0. The van der Waals surface area contributed by atoms with Gasteiger partial charge >= 0.3 is 0 Å². The van der Waals surface area contributed by atoms with Gasteiger partial charge < -0.3 is 9.64 Å². The molecule has 0 saturated carbocycles. The number of nitrogens with zero attached hydrogens (tertiary/aromatic N) is 4. The second kappa shape index (κ2) is 5.92. The number of allylic oxidation sites excluding steroid dienone is 2. The number of likely N-dealkylation sites (N-methyl/N-ethyl adjacent to an activating group) is 1. The van der Waals surface area contributed by atoms with Crippen LogP contribution < -0.4 is 4.90 Å². The van der Waals surface area contributed by atoms with Crippen LogP contribution >= 0.6 is 6.34 Å². The first-order valence-electron chi connectivity index (χ1n) is 8.68. The monoisotopic (exact) mass is 376 g/mol. The number of ether oxygens (including phenoxy) is 1. The molecule has 0 radical (unpaired) electrons. The lowest BCUT2D eigenvalue weighted by Crippen LogP contribution is -2.37. The molecule has 0 aromatic heterocycles. The van der Waals surface area contributed by atoms with Gasteiger partial charge in [-0.1, -0.05) is 43.9 Å². The van der Waals surface area contributed by atoms with Gasteiger partial charge in [-0.3, -0.25) is 9.45 Å². The molecule has 0 amide bonds. The summed E-state index contributed by atoms with van der Waals surface area (Å²) in [6, 6.07) is 8.65. The van der Waals surface area contributed by atoms with Crippen LogP contribution in [0.4, 0.5) is 5.69 Å². The minimum atomic E-state index is -2.11. The molecule has 3 heterocycles. The van der Waals surface area contributed by atoms with E-state index in [4.69, 9.17) is 16.5 Å². The lowest BCUT2D eigenvalue weighted by atomic mass is 9.84. The van der Waals surface area contributed by atoms with Gasteiger partial charge in [0.25, 0.3) is 0 Å². The fraction of sp³-hybridized carbons (Fsp3) is 0.500. The molecule has 134 valence electrons. The molecule has 7 heteroatoms. The van der Waals surface area contributed by atoms with E-state index in [1.54, 1.807) is 0 Å². The maximum atomic E-state index is 6.33. The Morgan fingerprint density at radius 2 is 1.84 bits per heavy atom. The molecule has 0 spiro atoms. The van der Waals surface area contributed by atoms with E-state index in [0.29, 0.717) is 0 Å². The number of hydrogen-bond donors (Lipinski definition) is 0. The van der Waals surface area contributed by atoms with Gasteiger partial charge in [0.1, 0.15) is 6.34 Å². The van der Waals surface area contributed by atoms with Gasteiger partial charge in [0, 0.05) is 44.0 Å².